The molecule has 0 atom stereocenters. The molecular formula is C17H18N2OS. The minimum Gasteiger partial charge on any atom is -0.395 e. The number of thioether (sulfide) groups is 1. The fourth-order valence-corrected chi connectivity index (χ4v) is 2.72. The Morgan fingerprint density at radius 1 is 1.10 bits per heavy atom. The predicted molar refractivity (Wildman–Crippen MR) is 86.1 cm³/mol. The van der Waals surface area contributed by atoms with Crippen molar-refractivity contribution in [2.45, 2.75) is 31.2 Å². The maximum atomic E-state index is 8.69. The lowest BCUT2D eigenvalue weighted by Gasteiger charge is -2.03. The Bertz CT molecular complexity index is 636. The van der Waals surface area contributed by atoms with Gasteiger partial charge in [-0.25, -0.2) is 9.97 Å². The fraction of sp³-hybridized carbons (Fsp3) is 0.294. The van der Waals surface area contributed by atoms with Crippen LogP contribution in [0.5, 0.6) is 0 Å². The molecule has 0 amide bonds. The van der Waals surface area contributed by atoms with E-state index in [1.165, 1.54) is 5.56 Å². The second-order valence-electron chi connectivity index (χ2n) is 4.69. The van der Waals surface area contributed by atoms with Gasteiger partial charge in [0.25, 0.3) is 0 Å². The van der Waals surface area contributed by atoms with Crippen LogP contribution in [0, 0.1) is 25.7 Å². The zero-order valence-electron chi connectivity index (χ0n) is 12.3. The molecule has 0 saturated heterocycles. The largest absolute Gasteiger partial charge is 0.395 e. The van der Waals surface area contributed by atoms with Gasteiger partial charge in [0.15, 0.2) is 5.16 Å². The van der Waals surface area contributed by atoms with E-state index in [1.54, 1.807) is 11.8 Å². The molecule has 108 valence electrons. The molecule has 0 aliphatic rings. The van der Waals surface area contributed by atoms with Gasteiger partial charge < -0.3 is 5.11 Å². The maximum Gasteiger partial charge on any atom is 0.188 e. The molecule has 4 heteroatoms. The minimum atomic E-state index is 0.109. The van der Waals surface area contributed by atoms with Crippen LogP contribution >= 0.6 is 11.8 Å². The van der Waals surface area contributed by atoms with Gasteiger partial charge in [-0.15, -0.1) is 0 Å². The predicted octanol–water partition coefficient (Wildman–Crippen LogP) is 3.12. The van der Waals surface area contributed by atoms with Crippen LogP contribution in [0.25, 0.3) is 0 Å². The van der Waals surface area contributed by atoms with Crippen LogP contribution in [-0.4, -0.2) is 21.7 Å². The monoisotopic (exact) mass is 298 g/mol. The zero-order valence-corrected chi connectivity index (χ0v) is 13.1. The van der Waals surface area contributed by atoms with E-state index in [1.807, 2.05) is 32.0 Å². The minimum absolute atomic E-state index is 0.109. The van der Waals surface area contributed by atoms with Gasteiger partial charge in [0.1, 0.15) is 0 Å². The molecule has 3 nitrogen and oxygen atoms in total. The van der Waals surface area contributed by atoms with Crippen LogP contribution in [0.1, 0.15) is 28.9 Å². The van der Waals surface area contributed by atoms with Gasteiger partial charge >= 0.3 is 0 Å². The topological polar surface area (TPSA) is 46.0 Å². The standard InChI is InChI=1S/C17H18N2OS/c1-13-11-14(2)19-17(18-13)21-12-16-8-6-15(7-9-16)5-3-4-10-20/h6-9,11,20H,4,10,12H2,1-2H3. The van der Waals surface area contributed by atoms with E-state index in [2.05, 4.69) is 33.9 Å². The number of hydrogen-bond acceptors (Lipinski definition) is 4. The van der Waals surface area contributed by atoms with Gasteiger partial charge in [0, 0.05) is 29.1 Å². The van der Waals surface area contributed by atoms with E-state index in [4.69, 9.17) is 5.11 Å². The van der Waals surface area contributed by atoms with Crippen LogP contribution in [0.2, 0.25) is 0 Å². The smallest absolute Gasteiger partial charge is 0.188 e. The lowest BCUT2D eigenvalue weighted by atomic mass is 10.1. The summed E-state index contributed by atoms with van der Waals surface area (Å²) in [7, 11) is 0. The molecule has 0 bridgehead atoms. The number of hydrogen-bond donors (Lipinski definition) is 1. The second-order valence-corrected chi connectivity index (χ2v) is 5.64. The molecule has 1 aromatic carbocycles. The van der Waals surface area contributed by atoms with Crippen molar-refractivity contribution in [3.63, 3.8) is 0 Å². The zero-order chi connectivity index (χ0) is 15.1. The molecule has 0 unspecified atom stereocenters. The number of aromatic nitrogens is 2. The first-order valence-corrected chi connectivity index (χ1v) is 7.79. The van der Waals surface area contributed by atoms with Gasteiger partial charge in [-0.3, -0.25) is 0 Å². The molecule has 1 aromatic heterocycles. The summed E-state index contributed by atoms with van der Waals surface area (Å²) in [4.78, 5) is 8.84. The second kappa shape index (κ2) is 7.82. The van der Waals surface area contributed by atoms with Crippen molar-refractivity contribution >= 4 is 11.8 Å². The van der Waals surface area contributed by atoms with Crippen molar-refractivity contribution in [3.05, 3.63) is 52.8 Å². The summed E-state index contributed by atoms with van der Waals surface area (Å²) >= 11 is 1.64. The lowest BCUT2D eigenvalue weighted by molar-refractivity contribution is 0.305. The molecule has 2 aromatic rings. The molecule has 0 saturated carbocycles. The Kier molecular flexibility index (Phi) is 5.79. The third-order valence-corrected chi connectivity index (χ3v) is 3.67. The summed E-state index contributed by atoms with van der Waals surface area (Å²) in [6.07, 6.45) is 0.516. The molecule has 0 fully saturated rings. The van der Waals surface area contributed by atoms with Crippen molar-refractivity contribution in [1.29, 1.82) is 0 Å². The van der Waals surface area contributed by atoms with E-state index in [0.29, 0.717) is 6.42 Å². The van der Waals surface area contributed by atoms with E-state index >= 15 is 0 Å². The molecule has 0 aliphatic heterocycles. The summed E-state index contributed by atoms with van der Waals surface area (Å²) < 4.78 is 0. The summed E-state index contributed by atoms with van der Waals surface area (Å²) in [6, 6.07) is 10.1. The normalized spacial score (nSPS) is 10.0. The molecule has 0 radical (unpaired) electrons. The van der Waals surface area contributed by atoms with Gasteiger partial charge in [-0.05, 0) is 37.6 Å². The third kappa shape index (κ3) is 5.22. The molecule has 1 heterocycles. The average Bonchev–Trinajstić information content (AvgIpc) is 2.46. The number of aryl methyl sites for hydroxylation is 2. The average molecular weight is 298 g/mol. The first kappa shape index (κ1) is 15.6. The summed E-state index contributed by atoms with van der Waals surface area (Å²) in [6.45, 7) is 4.08. The molecule has 0 aliphatic carbocycles. The number of rotatable bonds is 4. The van der Waals surface area contributed by atoms with Gasteiger partial charge in [-0.1, -0.05) is 35.7 Å². The van der Waals surface area contributed by atoms with E-state index in [9.17, 15) is 0 Å². The van der Waals surface area contributed by atoms with Crippen LogP contribution in [0.3, 0.4) is 0 Å². The Morgan fingerprint density at radius 2 is 1.76 bits per heavy atom. The highest BCUT2D eigenvalue weighted by molar-refractivity contribution is 7.98. The lowest BCUT2D eigenvalue weighted by Crippen LogP contribution is -1.93. The SMILES string of the molecule is Cc1cc(C)nc(SCc2ccc(C#CCCO)cc2)n1. The molecule has 21 heavy (non-hydrogen) atoms. The first-order valence-electron chi connectivity index (χ1n) is 6.81. The van der Waals surface area contributed by atoms with E-state index in [-0.39, 0.29) is 6.61 Å². The van der Waals surface area contributed by atoms with Crippen LogP contribution in [-0.2, 0) is 5.75 Å². The number of aliphatic hydroxyl groups is 1. The molecule has 1 N–H and O–H groups in total. The summed E-state index contributed by atoms with van der Waals surface area (Å²) in [5.41, 5.74) is 4.19. The number of nitrogens with zero attached hydrogens (tertiary/aromatic N) is 2. The maximum absolute atomic E-state index is 8.69. The van der Waals surface area contributed by atoms with Crippen LogP contribution in [0.15, 0.2) is 35.5 Å². The first-order chi connectivity index (χ1) is 10.2. The Morgan fingerprint density at radius 3 is 2.38 bits per heavy atom. The molecule has 2 rings (SSSR count). The number of aliphatic hydroxyl groups excluding tert-OH is 1. The van der Waals surface area contributed by atoms with Crippen molar-refractivity contribution in [2.24, 2.45) is 0 Å². The van der Waals surface area contributed by atoms with Gasteiger partial charge in [-0.2, -0.15) is 0 Å². The van der Waals surface area contributed by atoms with Crippen LogP contribution in [0.4, 0.5) is 0 Å². The molecular weight excluding hydrogens is 280 g/mol. The van der Waals surface area contributed by atoms with Crippen molar-refractivity contribution < 1.29 is 5.11 Å². The fourth-order valence-electron chi connectivity index (χ4n) is 1.81. The highest BCUT2D eigenvalue weighted by Crippen LogP contribution is 2.20. The summed E-state index contributed by atoms with van der Waals surface area (Å²) in [5.74, 6) is 6.78. The highest BCUT2D eigenvalue weighted by atomic mass is 32.2. The Labute approximate surface area is 129 Å². The van der Waals surface area contributed by atoms with Gasteiger partial charge in [0.05, 0.1) is 6.61 Å². The van der Waals surface area contributed by atoms with Gasteiger partial charge in [0.2, 0.25) is 0 Å². The number of benzene rings is 1. The third-order valence-electron chi connectivity index (χ3n) is 2.75. The van der Waals surface area contributed by atoms with Crippen LogP contribution < -0.4 is 0 Å². The highest BCUT2D eigenvalue weighted by Gasteiger charge is 2.01. The Balaban J connectivity index is 1.96. The van der Waals surface area contributed by atoms with Crippen molar-refractivity contribution in [1.82, 2.24) is 9.97 Å². The van der Waals surface area contributed by atoms with Crippen molar-refractivity contribution in [3.8, 4) is 11.8 Å². The van der Waals surface area contributed by atoms with Crippen molar-refractivity contribution in [2.75, 3.05) is 6.61 Å². The Hall–Kier alpha value is -1.83. The molecule has 0 spiro atoms. The quantitative estimate of drug-likeness (QED) is 0.535. The van der Waals surface area contributed by atoms with E-state index < -0.39 is 0 Å². The van der Waals surface area contributed by atoms with E-state index in [0.717, 1.165) is 27.9 Å². The summed E-state index contributed by atoms with van der Waals surface area (Å²) in [5, 5.41) is 9.51.